The first kappa shape index (κ1) is 15.9. The van der Waals surface area contributed by atoms with Crippen molar-refractivity contribution in [2.45, 2.75) is 25.7 Å². The van der Waals surface area contributed by atoms with Crippen LogP contribution in [0.1, 0.15) is 40.4 Å². The Labute approximate surface area is 146 Å². The van der Waals surface area contributed by atoms with Crippen LogP contribution in [0, 0.1) is 12.7 Å². The molecule has 1 aliphatic heterocycles. The Hall–Kier alpha value is -2.62. The molecule has 25 heavy (non-hydrogen) atoms. The predicted octanol–water partition coefficient (Wildman–Crippen LogP) is 4.64. The first-order valence-corrected chi connectivity index (χ1v) is 8.75. The van der Waals surface area contributed by atoms with Gasteiger partial charge < -0.3 is 9.88 Å². The molecule has 0 radical (unpaired) electrons. The van der Waals surface area contributed by atoms with Crippen LogP contribution in [-0.4, -0.2) is 28.9 Å². The highest BCUT2D eigenvalue weighted by Crippen LogP contribution is 2.30. The predicted molar refractivity (Wildman–Crippen MR) is 97.3 cm³/mol. The molecule has 0 aliphatic carbocycles. The zero-order valence-electron chi connectivity index (χ0n) is 14.3. The van der Waals surface area contributed by atoms with Crippen LogP contribution in [0.15, 0.2) is 48.5 Å². The Bertz CT molecular complexity index is 931. The van der Waals surface area contributed by atoms with Crippen molar-refractivity contribution in [3.05, 3.63) is 71.2 Å². The fourth-order valence-electron chi connectivity index (χ4n) is 3.74. The Morgan fingerprint density at radius 2 is 2.04 bits per heavy atom. The Kier molecular flexibility index (Phi) is 4.04. The van der Waals surface area contributed by atoms with E-state index in [9.17, 15) is 9.18 Å². The number of carbonyl (C=O) groups is 1. The lowest BCUT2D eigenvalue weighted by Gasteiger charge is -2.32. The van der Waals surface area contributed by atoms with Crippen molar-refractivity contribution in [3.8, 4) is 0 Å². The van der Waals surface area contributed by atoms with E-state index in [1.54, 1.807) is 12.1 Å². The van der Waals surface area contributed by atoms with Gasteiger partial charge in [0.15, 0.2) is 0 Å². The molecule has 1 saturated heterocycles. The van der Waals surface area contributed by atoms with Gasteiger partial charge in [-0.1, -0.05) is 18.2 Å². The number of hydrogen-bond acceptors (Lipinski definition) is 1. The first-order valence-electron chi connectivity index (χ1n) is 8.75. The van der Waals surface area contributed by atoms with Crippen LogP contribution in [0.3, 0.4) is 0 Å². The maximum Gasteiger partial charge on any atom is 0.254 e. The van der Waals surface area contributed by atoms with E-state index >= 15 is 0 Å². The number of halogens is 1. The second-order valence-corrected chi connectivity index (χ2v) is 6.86. The van der Waals surface area contributed by atoms with Crippen molar-refractivity contribution in [2.75, 3.05) is 13.1 Å². The average Bonchev–Trinajstić information content (AvgIpc) is 3.05. The summed E-state index contributed by atoms with van der Waals surface area (Å²) in [6.45, 7) is 3.46. The van der Waals surface area contributed by atoms with Crippen LogP contribution in [-0.2, 0) is 0 Å². The third-order valence-electron chi connectivity index (χ3n) is 5.13. The fraction of sp³-hybridized carbons (Fsp3) is 0.286. The quantitative estimate of drug-likeness (QED) is 0.727. The van der Waals surface area contributed by atoms with E-state index in [2.05, 4.69) is 4.98 Å². The lowest BCUT2D eigenvalue weighted by atomic mass is 9.94. The van der Waals surface area contributed by atoms with Gasteiger partial charge in [0.1, 0.15) is 5.82 Å². The number of fused-ring (bicyclic) bond motifs is 1. The fourth-order valence-corrected chi connectivity index (χ4v) is 3.74. The molecular formula is C21H21FN2O. The van der Waals surface area contributed by atoms with E-state index in [0.717, 1.165) is 47.1 Å². The Morgan fingerprint density at radius 3 is 2.88 bits per heavy atom. The highest BCUT2D eigenvalue weighted by atomic mass is 19.1. The van der Waals surface area contributed by atoms with E-state index in [1.807, 2.05) is 42.2 Å². The molecule has 1 amide bonds. The van der Waals surface area contributed by atoms with Crippen molar-refractivity contribution in [1.82, 2.24) is 9.88 Å². The van der Waals surface area contributed by atoms with Gasteiger partial charge in [-0.2, -0.15) is 0 Å². The maximum absolute atomic E-state index is 13.4. The van der Waals surface area contributed by atoms with Gasteiger partial charge in [-0.05, 0) is 55.7 Å². The van der Waals surface area contributed by atoms with Gasteiger partial charge in [0, 0.05) is 41.2 Å². The summed E-state index contributed by atoms with van der Waals surface area (Å²) in [6.07, 6.45) is 2.01. The van der Waals surface area contributed by atoms with Gasteiger partial charge in [-0.15, -0.1) is 0 Å². The molecule has 1 atom stereocenters. The summed E-state index contributed by atoms with van der Waals surface area (Å²) in [5.41, 5.74) is 3.82. The molecule has 1 unspecified atom stereocenters. The molecular weight excluding hydrogens is 315 g/mol. The number of rotatable bonds is 2. The Morgan fingerprint density at radius 1 is 1.20 bits per heavy atom. The SMILES string of the molecule is Cc1ccccc1C(=O)N1CCCC(c2cc3cc(F)ccc3[nH]2)C1. The zero-order valence-corrected chi connectivity index (χ0v) is 14.3. The molecule has 1 fully saturated rings. The second kappa shape index (κ2) is 6.36. The van der Waals surface area contributed by atoms with Gasteiger partial charge in [0.25, 0.3) is 5.91 Å². The van der Waals surface area contributed by atoms with Crippen molar-refractivity contribution in [2.24, 2.45) is 0 Å². The van der Waals surface area contributed by atoms with Crippen molar-refractivity contribution < 1.29 is 9.18 Å². The highest BCUT2D eigenvalue weighted by Gasteiger charge is 2.27. The van der Waals surface area contributed by atoms with Gasteiger partial charge in [0.2, 0.25) is 0 Å². The molecule has 1 N–H and O–H groups in total. The highest BCUT2D eigenvalue weighted by molar-refractivity contribution is 5.95. The number of nitrogens with zero attached hydrogens (tertiary/aromatic N) is 1. The number of nitrogens with one attached hydrogen (secondary N) is 1. The van der Waals surface area contributed by atoms with Gasteiger partial charge in [-0.3, -0.25) is 4.79 Å². The number of H-pyrrole nitrogens is 1. The number of aromatic nitrogens is 1. The number of aryl methyl sites for hydroxylation is 1. The number of carbonyl (C=O) groups excluding carboxylic acids is 1. The molecule has 1 aliphatic rings. The van der Waals surface area contributed by atoms with Crippen LogP contribution in [0.25, 0.3) is 10.9 Å². The summed E-state index contributed by atoms with van der Waals surface area (Å²) < 4.78 is 13.4. The molecule has 0 spiro atoms. The van der Waals surface area contributed by atoms with Crippen LogP contribution in [0.2, 0.25) is 0 Å². The summed E-state index contributed by atoms with van der Waals surface area (Å²) in [6, 6.07) is 14.5. The summed E-state index contributed by atoms with van der Waals surface area (Å²) >= 11 is 0. The van der Waals surface area contributed by atoms with Crippen LogP contribution in [0.5, 0.6) is 0 Å². The van der Waals surface area contributed by atoms with E-state index in [-0.39, 0.29) is 17.6 Å². The van der Waals surface area contributed by atoms with Crippen LogP contribution < -0.4 is 0 Å². The number of aromatic amines is 1. The number of benzene rings is 2. The van der Waals surface area contributed by atoms with Crippen LogP contribution >= 0.6 is 0 Å². The lowest BCUT2D eigenvalue weighted by Crippen LogP contribution is -2.39. The molecule has 0 bridgehead atoms. The Balaban J connectivity index is 1.58. The lowest BCUT2D eigenvalue weighted by molar-refractivity contribution is 0.0705. The molecule has 1 aromatic heterocycles. The van der Waals surface area contributed by atoms with Gasteiger partial charge in [0.05, 0.1) is 0 Å². The third-order valence-corrected chi connectivity index (χ3v) is 5.13. The smallest absolute Gasteiger partial charge is 0.254 e. The number of amides is 1. The minimum Gasteiger partial charge on any atom is -0.358 e. The molecule has 4 rings (SSSR count). The summed E-state index contributed by atoms with van der Waals surface area (Å²) in [4.78, 5) is 18.2. The molecule has 2 aromatic carbocycles. The number of piperidine rings is 1. The summed E-state index contributed by atoms with van der Waals surface area (Å²) in [5.74, 6) is 0.139. The van der Waals surface area contributed by atoms with Crippen molar-refractivity contribution >= 4 is 16.8 Å². The van der Waals surface area contributed by atoms with E-state index in [1.165, 1.54) is 6.07 Å². The van der Waals surface area contributed by atoms with Gasteiger partial charge in [-0.25, -0.2) is 4.39 Å². The third kappa shape index (κ3) is 3.04. The zero-order chi connectivity index (χ0) is 17.4. The largest absolute Gasteiger partial charge is 0.358 e. The standard InChI is InChI=1S/C21H21FN2O/c1-14-5-2-3-7-18(14)21(25)24-10-4-6-15(13-24)20-12-16-11-17(22)8-9-19(16)23-20/h2-3,5,7-9,11-12,15,23H,4,6,10,13H2,1H3. The van der Waals surface area contributed by atoms with Crippen molar-refractivity contribution in [3.63, 3.8) is 0 Å². The van der Waals surface area contributed by atoms with Gasteiger partial charge >= 0.3 is 0 Å². The summed E-state index contributed by atoms with van der Waals surface area (Å²) in [5, 5.41) is 0.886. The monoisotopic (exact) mass is 336 g/mol. The van der Waals surface area contributed by atoms with Crippen molar-refractivity contribution in [1.29, 1.82) is 0 Å². The summed E-state index contributed by atoms with van der Waals surface area (Å²) in [7, 11) is 0. The second-order valence-electron chi connectivity index (χ2n) is 6.86. The van der Waals surface area contributed by atoms with E-state index < -0.39 is 0 Å². The topological polar surface area (TPSA) is 36.1 Å². The molecule has 0 saturated carbocycles. The molecule has 128 valence electrons. The van der Waals surface area contributed by atoms with E-state index in [4.69, 9.17) is 0 Å². The molecule has 2 heterocycles. The minimum atomic E-state index is -0.224. The average molecular weight is 336 g/mol. The first-order chi connectivity index (χ1) is 12.1. The van der Waals surface area contributed by atoms with E-state index in [0.29, 0.717) is 6.54 Å². The number of likely N-dealkylation sites (tertiary alicyclic amines) is 1. The molecule has 3 aromatic rings. The maximum atomic E-state index is 13.4. The minimum absolute atomic E-state index is 0.102. The normalized spacial score (nSPS) is 17.8. The van der Waals surface area contributed by atoms with Crippen LogP contribution in [0.4, 0.5) is 4.39 Å². The molecule has 4 heteroatoms. The molecule has 3 nitrogen and oxygen atoms in total. The number of hydrogen-bond donors (Lipinski definition) is 1.